The van der Waals surface area contributed by atoms with E-state index in [4.69, 9.17) is 0 Å². The molecule has 0 aromatic heterocycles. The van der Waals surface area contributed by atoms with Gasteiger partial charge in [0.1, 0.15) is 0 Å². The maximum absolute atomic E-state index is 12.0. The third-order valence-corrected chi connectivity index (χ3v) is 3.59. The minimum Gasteiger partial charge on any atom is -0.297 e. The van der Waals surface area contributed by atoms with Gasteiger partial charge in [0.25, 0.3) is 5.69 Å². The fourth-order valence-corrected chi connectivity index (χ4v) is 2.49. The lowest BCUT2D eigenvalue weighted by atomic mass is 9.74. The average molecular weight is 303 g/mol. The molecule has 1 saturated carbocycles. The fourth-order valence-electron chi connectivity index (χ4n) is 2.49. The minimum atomic E-state index is -1.05. The summed E-state index contributed by atoms with van der Waals surface area (Å²) in [5.41, 5.74) is 0.608. The Hall–Kier alpha value is -2.44. The van der Waals surface area contributed by atoms with Crippen molar-refractivity contribution >= 4 is 22.9 Å². The van der Waals surface area contributed by atoms with Crippen molar-refractivity contribution in [3.63, 3.8) is 0 Å². The molecule has 0 heterocycles. The molecule has 2 rings (SSSR count). The lowest BCUT2D eigenvalue weighted by molar-refractivity contribution is -0.384. The second-order valence-electron chi connectivity index (χ2n) is 6.30. The number of nitro benzene ring substituents is 1. The standard InChI is InChI=1S/C15H17N3O4/c1-9-6-10(18(21)22)4-5-11(9)16-17-14-12(19)7-15(2,3)8-13(14)20/h4-6,14H,7-8H2,1-3H3. The maximum Gasteiger partial charge on any atom is 0.269 e. The van der Waals surface area contributed by atoms with Crippen molar-refractivity contribution in [1.29, 1.82) is 0 Å². The van der Waals surface area contributed by atoms with Crippen LogP contribution in [0.3, 0.4) is 0 Å². The highest BCUT2D eigenvalue weighted by Crippen LogP contribution is 2.33. The smallest absolute Gasteiger partial charge is 0.269 e. The zero-order valence-corrected chi connectivity index (χ0v) is 12.7. The number of azo groups is 1. The summed E-state index contributed by atoms with van der Waals surface area (Å²) >= 11 is 0. The number of rotatable bonds is 3. The Kier molecular flexibility index (Phi) is 4.16. The van der Waals surface area contributed by atoms with E-state index >= 15 is 0 Å². The topological polar surface area (TPSA) is 102 Å². The van der Waals surface area contributed by atoms with Crippen LogP contribution in [0.2, 0.25) is 0 Å². The van der Waals surface area contributed by atoms with Gasteiger partial charge in [0, 0.05) is 25.0 Å². The van der Waals surface area contributed by atoms with E-state index in [1.165, 1.54) is 18.2 Å². The summed E-state index contributed by atoms with van der Waals surface area (Å²) in [5, 5.41) is 18.5. The number of nitrogens with zero attached hydrogens (tertiary/aromatic N) is 3. The van der Waals surface area contributed by atoms with Crippen molar-refractivity contribution in [3.8, 4) is 0 Å². The molecule has 0 radical (unpaired) electrons. The molecule has 1 aromatic rings. The van der Waals surface area contributed by atoms with Crippen LogP contribution in [-0.4, -0.2) is 22.5 Å². The van der Waals surface area contributed by atoms with Gasteiger partial charge >= 0.3 is 0 Å². The molecule has 0 bridgehead atoms. The molecule has 0 spiro atoms. The highest BCUT2D eigenvalue weighted by Gasteiger charge is 2.39. The second kappa shape index (κ2) is 5.75. The zero-order chi connectivity index (χ0) is 16.5. The van der Waals surface area contributed by atoms with Crippen LogP contribution in [0.1, 0.15) is 32.3 Å². The van der Waals surface area contributed by atoms with Crippen molar-refractivity contribution in [3.05, 3.63) is 33.9 Å². The Morgan fingerprint density at radius 3 is 2.32 bits per heavy atom. The number of nitro groups is 1. The van der Waals surface area contributed by atoms with Crippen LogP contribution in [-0.2, 0) is 9.59 Å². The van der Waals surface area contributed by atoms with Gasteiger partial charge in [-0.2, -0.15) is 10.2 Å². The molecule has 1 aliphatic rings. The molecule has 7 nitrogen and oxygen atoms in total. The van der Waals surface area contributed by atoms with Gasteiger partial charge in [-0.15, -0.1) is 0 Å². The van der Waals surface area contributed by atoms with Crippen molar-refractivity contribution in [1.82, 2.24) is 0 Å². The van der Waals surface area contributed by atoms with E-state index in [1.54, 1.807) is 6.92 Å². The molecule has 0 atom stereocenters. The SMILES string of the molecule is Cc1cc([N+](=O)[O-])ccc1N=NC1C(=O)CC(C)(C)CC1=O. The van der Waals surface area contributed by atoms with Crippen LogP contribution in [0.25, 0.3) is 0 Å². The van der Waals surface area contributed by atoms with Gasteiger partial charge < -0.3 is 0 Å². The molecular formula is C15H17N3O4. The molecule has 1 fully saturated rings. The van der Waals surface area contributed by atoms with E-state index < -0.39 is 11.0 Å². The van der Waals surface area contributed by atoms with E-state index in [0.717, 1.165) is 0 Å². The molecule has 0 amide bonds. The van der Waals surface area contributed by atoms with Crippen LogP contribution >= 0.6 is 0 Å². The maximum atomic E-state index is 12.0. The molecule has 1 aliphatic carbocycles. The summed E-state index contributed by atoms with van der Waals surface area (Å²) in [4.78, 5) is 34.2. The molecule has 1 aromatic carbocycles. The average Bonchev–Trinajstić information content (AvgIpc) is 2.37. The predicted molar refractivity (Wildman–Crippen MR) is 79.2 cm³/mol. The summed E-state index contributed by atoms with van der Waals surface area (Å²) in [6.07, 6.45) is 0.587. The molecule has 22 heavy (non-hydrogen) atoms. The summed E-state index contributed by atoms with van der Waals surface area (Å²) in [7, 11) is 0. The molecule has 0 saturated heterocycles. The van der Waals surface area contributed by atoms with Gasteiger partial charge in [-0.1, -0.05) is 13.8 Å². The number of carbonyl (C=O) groups is 2. The third kappa shape index (κ3) is 3.41. The van der Waals surface area contributed by atoms with Crippen LogP contribution in [0.4, 0.5) is 11.4 Å². The largest absolute Gasteiger partial charge is 0.297 e. The summed E-state index contributed by atoms with van der Waals surface area (Å²) in [5.74, 6) is -0.464. The summed E-state index contributed by atoms with van der Waals surface area (Å²) < 4.78 is 0. The zero-order valence-electron chi connectivity index (χ0n) is 12.7. The number of non-ortho nitro benzene ring substituents is 1. The number of ketones is 2. The third-order valence-electron chi connectivity index (χ3n) is 3.59. The number of Topliss-reactive ketones (excluding diaryl/α,β-unsaturated/α-hetero) is 2. The highest BCUT2D eigenvalue weighted by atomic mass is 16.6. The quantitative estimate of drug-likeness (QED) is 0.370. The fraction of sp³-hybridized carbons (Fsp3) is 0.467. The Labute approximate surface area is 127 Å². The number of hydrogen-bond acceptors (Lipinski definition) is 6. The van der Waals surface area contributed by atoms with Crippen molar-refractivity contribution in [2.45, 2.75) is 39.7 Å². The van der Waals surface area contributed by atoms with Crippen LogP contribution in [0.15, 0.2) is 28.4 Å². The highest BCUT2D eigenvalue weighted by molar-refractivity contribution is 6.09. The van der Waals surface area contributed by atoms with Crippen LogP contribution < -0.4 is 0 Å². The van der Waals surface area contributed by atoms with E-state index in [9.17, 15) is 19.7 Å². The number of hydrogen-bond donors (Lipinski definition) is 0. The lowest BCUT2D eigenvalue weighted by Gasteiger charge is -2.29. The van der Waals surface area contributed by atoms with Crippen molar-refractivity contribution in [2.24, 2.45) is 15.6 Å². The van der Waals surface area contributed by atoms with E-state index in [2.05, 4.69) is 10.2 Å². The molecule has 116 valence electrons. The van der Waals surface area contributed by atoms with E-state index in [-0.39, 0.29) is 22.7 Å². The first-order chi connectivity index (χ1) is 10.2. The Morgan fingerprint density at radius 1 is 1.23 bits per heavy atom. The summed E-state index contributed by atoms with van der Waals surface area (Å²) in [6.45, 7) is 5.41. The van der Waals surface area contributed by atoms with Crippen molar-refractivity contribution < 1.29 is 14.5 Å². The summed E-state index contributed by atoms with van der Waals surface area (Å²) in [6, 6.07) is 3.10. The van der Waals surface area contributed by atoms with Gasteiger partial charge in [-0.25, -0.2) is 0 Å². The first-order valence-electron chi connectivity index (χ1n) is 6.91. The Balaban J connectivity index is 2.20. The van der Waals surface area contributed by atoms with E-state index in [0.29, 0.717) is 24.1 Å². The van der Waals surface area contributed by atoms with Crippen LogP contribution in [0, 0.1) is 22.5 Å². The molecule has 0 unspecified atom stereocenters. The lowest BCUT2D eigenvalue weighted by Crippen LogP contribution is -2.40. The predicted octanol–water partition coefficient (Wildman–Crippen LogP) is 3.31. The molecular weight excluding hydrogens is 286 g/mol. The first kappa shape index (κ1) is 15.9. The van der Waals surface area contributed by atoms with Gasteiger partial charge in [-0.05, 0) is 24.0 Å². The monoisotopic (exact) mass is 303 g/mol. The number of benzene rings is 1. The second-order valence-corrected chi connectivity index (χ2v) is 6.30. The van der Waals surface area contributed by atoms with Crippen molar-refractivity contribution in [2.75, 3.05) is 0 Å². The molecule has 0 N–H and O–H groups in total. The number of aryl methyl sites for hydroxylation is 1. The van der Waals surface area contributed by atoms with Crippen LogP contribution in [0.5, 0.6) is 0 Å². The Bertz CT molecular complexity index is 659. The Morgan fingerprint density at radius 2 is 1.82 bits per heavy atom. The molecule has 7 heteroatoms. The van der Waals surface area contributed by atoms with E-state index in [1.807, 2.05) is 13.8 Å². The first-order valence-corrected chi connectivity index (χ1v) is 6.91. The van der Waals surface area contributed by atoms with Gasteiger partial charge in [-0.3, -0.25) is 19.7 Å². The minimum absolute atomic E-state index is 0.0389. The molecule has 0 aliphatic heterocycles. The van der Waals surface area contributed by atoms with Gasteiger partial charge in [0.2, 0.25) is 0 Å². The van der Waals surface area contributed by atoms with Gasteiger partial charge in [0.15, 0.2) is 17.6 Å². The number of carbonyl (C=O) groups excluding carboxylic acids is 2. The van der Waals surface area contributed by atoms with Gasteiger partial charge in [0.05, 0.1) is 10.6 Å². The normalized spacial score (nSPS) is 18.9.